The van der Waals surface area contributed by atoms with Crippen molar-refractivity contribution in [3.63, 3.8) is 0 Å². The van der Waals surface area contributed by atoms with Crippen LogP contribution in [-0.4, -0.2) is 64.4 Å². The number of rotatable bonds is 3. The molecule has 2 aliphatic rings. The van der Waals surface area contributed by atoms with E-state index in [9.17, 15) is 14.7 Å². The van der Waals surface area contributed by atoms with Gasteiger partial charge in [-0.3, -0.25) is 4.79 Å². The predicted molar refractivity (Wildman–Crippen MR) is 92.5 cm³/mol. The summed E-state index contributed by atoms with van der Waals surface area (Å²) in [5.41, 5.74) is 0.0362. The minimum Gasteiger partial charge on any atom is -0.481 e. The molecule has 0 aliphatic carbocycles. The zero-order valence-electron chi connectivity index (χ0n) is 14.7. The van der Waals surface area contributed by atoms with Crippen molar-refractivity contribution in [1.82, 2.24) is 20.4 Å². The van der Waals surface area contributed by atoms with Gasteiger partial charge in [0.05, 0.1) is 11.1 Å². The third-order valence-electron chi connectivity index (χ3n) is 5.13. The van der Waals surface area contributed by atoms with Gasteiger partial charge in [0.1, 0.15) is 0 Å². The molecule has 2 aliphatic heterocycles. The molecule has 25 heavy (non-hydrogen) atoms. The average Bonchev–Trinajstić information content (AvgIpc) is 3.00. The van der Waals surface area contributed by atoms with Crippen LogP contribution in [-0.2, 0) is 4.79 Å². The minimum absolute atomic E-state index is 0.0287. The number of anilines is 1. The van der Waals surface area contributed by atoms with Crippen LogP contribution in [0.2, 0.25) is 0 Å². The lowest BCUT2D eigenvalue weighted by molar-refractivity contribution is -0.147. The lowest BCUT2D eigenvalue weighted by Gasteiger charge is -2.34. The number of nitrogens with zero attached hydrogens (tertiary/aromatic N) is 4. The molecule has 2 amide bonds. The predicted octanol–water partition coefficient (Wildman–Crippen LogP) is 1.26. The molecule has 0 saturated carbocycles. The van der Waals surface area contributed by atoms with Crippen LogP contribution >= 0.6 is 0 Å². The molecule has 8 heteroatoms. The monoisotopic (exact) mass is 347 g/mol. The number of likely N-dealkylation sites (tertiary alicyclic amines) is 1. The molecule has 3 rings (SSSR count). The maximum atomic E-state index is 12.5. The topological polar surface area (TPSA) is 98.7 Å². The number of carbonyl (C=O) groups excluding carboxylic acids is 1. The van der Waals surface area contributed by atoms with E-state index in [1.54, 1.807) is 11.8 Å². The Hall–Kier alpha value is -2.38. The van der Waals surface area contributed by atoms with E-state index in [1.165, 1.54) is 0 Å². The van der Waals surface area contributed by atoms with Crippen LogP contribution in [0.1, 0.15) is 31.9 Å². The van der Waals surface area contributed by atoms with Crippen LogP contribution in [0.25, 0.3) is 0 Å². The van der Waals surface area contributed by atoms with Crippen LogP contribution in [0.4, 0.5) is 10.6 Å². The Kier molecular flexibility index (Phi) is 4.78. The third-order valence-corrected chi connectivity index (χ3v) is 5.13. The fraction of sp³-hybridized carbons (Fsp3) is 0.647. The van der Waals surface area contributed by atoms with Gasteiger partial charge in [-0.1, -0.05) is 0 Å². The molecule has 2 saturated heterocycles. The van der Waals surface area contributed by atoms with Crippen LogP contribution in [0.15, 0.2) is 12.1 Å². The summed E-state index contributed by atoms with van der Waals surface area (Å²) in [6.07, 6.45) is 2.37. The average molecular weight is 347 g/mol. The molecule has 2 atom stereocenters. The second-order valence-electron chi connectivity index (χ2n) is 7.30. The summed E-state index contributed by atoms with van der Waals surface area (Å²) in [6, 6.07) is 3.74. The molecule has 1 aromatic rings. The number of aliphatic carboxylic acids is 1. The van der Waals surface area contributed by atoms with Gasteiger partial charge in [-0.25, -0.2) is 4.79 Å². The Labute approximate surface area is 147 Å². The fourth-order valence-electron chi connectivity index (χ4n) is 3.44. The van der Waals surface area contributed by atoms with E-state index in [0.29, 0.717) is 19.5 Å². The third kappa shape index (κ3) is 3.83. The van der Waals surface area contributed by atoms with Crippen molar-refractivity contribution in [2.75, 3.05) is 31.1 Å². The highest BCUT2D eigenvalue weighted by Gasteiger charge is 2.42. The molecule has 0 radical (unpaired) electrons. The zero-order chi connectivity index (χ0) is 18.0. The Balaban J connectivity index is 1.57. The normalized spacial score (nSPS) is 26.6. The number of urea groups is 1. The molecule has 0 bridgehead atoms. The summed E-state index contributed by atoms with van der Waals surface area (Å²) in [5.74, 6) is -0.0197. The summed E-state index contributed by atoms with van der Waals surface area (Å²) in [5, 5.41) is 20.7. The molecular weight excluding hydrogens is 322 g/mol. The van der Waals surface area contributed by atoms with Gasteiger partial charge in [-0.2, -0.15) is 5.10 Å². The lowest BCUT2D eigenvalue weighted by atomic mass is 9.90. The number of nitrogens with one attached hydrogen (secondary N) is 1. The first kappa shape index (κ1) is 17.4. The number of aryl methyl sites for hydroxylation is 1. The largest absolute Gasteiger partial charge is 0.481 e. The summed E-state index contributed by atoms with van der Waals surface area (Å²) in [4.78, 5) is 27.6. The Morgan fingerprint density at radius 2 is 2.12 bits per heavy atom. The first-order valence-electron chi connectivity index (χ1n) is 8.71. The summed E-state index contributed by atoms with van der Waals surface area (Å²) in [6.45, 7) is 5.92. The van der Waals surface area contributed by atoms with Gasteiger partial charge in [0.25, 0.3) is 0 Å². The van der Waals surface area contributed by atoms with Gasteiger partial charge in [0, 0.05) is 32.2 Å². The lowest BCUT2D eigenvalue weighted by Crippen LogP contribution is -2.51. The molecule has 0 spiro atoms. The second-order valence-corrected chi connectivity index (χ2v) is 7.30. The minimum atomic E-state index is -0.843. The van der Waals surface area contributed by atoms with Gasteiger partial charge < -0.3 is 20.2 Å². The number of carboxylic acids is 1. The molecule has 0 aromatic carbocycles. The molecule has 2 N–H and O–H groups in total. The molecule has 1 aromatic heterocycles. The van der Waals surface area contributed by atoms with Gasteiger partial charge in [0.2, 0.25) is 0 Å². The highest BCUT2D eigenvalue weighted by atomic mass is 16.4. The smallest absolute Gasteiger partial charge is 0.317 e. The number of hydrogen-bond donors (Lipinski definition) is 2. The van der Waals surface area contributed by atoms with E-state index in [-0.39, 0.29) is 18.6 Å². The van der Waals surface area contributed by atoms with E-state index in [4.69, 9.17) is 0 Å². The highest BCUT2D eigenvalue weighted by molar-refractivity contribution is 5.79. The van der Waals surface area contributed by atoms with Gasteiger partial charge in [0.15, 0.2) is 5.82 Å². The van der Waals surface area contributed by atoms with Crippen LogP contribution in [0, 0.1) is 12.3 Å². The van der Waals surface area contributed by atoms with Crippen molar-refractivity contribution in [1.29, 1.82) is 0 Å². The molecular formula is C17H25N5O3. The standard InChI is InChI=1S/C17H25N5O3/c1-12-5-6-14(20-19-12)21-8-3-4-13(10-21)18-16(25)22-9-7-17(2,11-22)15(23)24/h5-6,13H,3-4,7-11H2,1-2H3,(H,18,25)(H,23,24). The summed E-state index contributed by atoms with van der Waals surface area (Å²) < 4.78 is 0. The van der Waals surface area contributed by atoms with Crippen molar-refractivity contribution in [3.8, 4) is 0 Å². The van der Waals surface area contributed by atoms with Crippen molar-refractivity contribution in [2.45, 2.75) is 39.2 Å². The molecule has 3 heterocycles. The van der Waals surface area contributed by atoms with E-state index >= 15 is 0 Å². The maximum absolute atomic E-state index is 12.5. The SMILES string of the molecule is Cc1ccc(N2CCCC(NC(=O)N3CCC(C)(C(=O)O)C3)C2)nn1. The molecule has 136 valence electrons. The molecule has 8 nitrogen and oxygen atoms in total. The fourth-order valence-corrected chi connectivity index (χ4v) is 3.44. The Bertz CT molecular complexity index is 650. The van der Waals surface area contributed by atoms with Crippen molar-refractivity contribution >= 4 is 17.8 Å². The number of piperidine rings is 1. The van der Waals surface area contributed by atoms with Crippen molar-refractivity contribution in [2.24, 2.45) is 5.41 Å². The number of carboxylic acid groups (broad SMARTS) is 1. The maximum Gasteiger partial charge on any atom is 0.317 e. The number of aromatic nitrogens is 2. The second kappa shape index (κ2) is 6.85. The van der Waals surface area contributed by atoms with Crippen molar-refractivity contribution < 1.29 is 14.7 Å². The quantitative estimate of drug-likeness (QED) is 0.854. The highest BCUT2D eigenvalue weighted by Crippen LogP contribution is 2.30. The summed E-state index contributed by atoms with van der Waals surface area (Å²) >= 11 is 0. The Morgan fingerprint density at radius 1 is 1.32 bits per heavy atom. The summed E-state index contributed by atoms with van der Waals surface area (Å²) in [7, 11) is 0. The van der Waals surface area contributed by atoms with E-state index in [0.717, 1.165) is 30.9 Å². The first-order chi connectivity index (χ1) is 11.9. The van der Waals surface area contributed by atoms with Gasteiger partial charge in [-0.05, 0) is 45.2 Å². The van der Waals surface area contributed by atoms with Gasteiger partial charge in [-0.15, -0.1) is 5.10 Å². The Morgan fingerprint density at radius 3 is 2.76 bits per heavy atom. The number of hydrogen-bond acceptors (Lipinski definition) is 5. The zero-order valence-corrected chi connectivity index (χ0v) is 14.7. The van der Waals surface area contributed by atoms with E-state index in [1.807, 2.05) is 19.1 Å². The van der Waals surface area contributed by atoms with Gasteiger partial charge >= 0.3 is 12.0 Å². The molecule has 2 unspecified atom stereocenters. The molecule has 2 fully saturated rings. The van der Waals surface area contributed by atoms with Crippen LogP contribution in [0.3, 0.4) is 0 Å². The number of carbonyl (C=O) groups is 2. The van der Waals surface area contributed by atoms with Crippen LogP contribution < -0.4 is 10.2 Å². The van der Waals surface area contributed by atoms with E-state index in [2.05, 4.69) is 20.4 Å². The van der Waals surface area contributed by atoms with Crippen LogP contribution in [0.5, 0.6) is 0 Å². The first-order valence-corrected chi connectivity index (χ1v) is 8.71. The van der Waals surface area contributed by atoms with E-state index < -0.39 is 11.4 Å². The van der Waals surface area contributed by atoms with Crippen molar-refractivity contribution in [3.05, 3.63) is 17.8 Å². The number of amides is 2.